The first-order valence-electron chi connectivity index (χ1n) is 5.39. The minimum Gasteiger partial charge on any atom is -0.283 e. The maximum Gasteiger partial charge on any atom is 1.00 e. The molecule has 0 aliphatic rings. The number of nitrogens with one attached hydrogen (secondary N) is 1. The van der Waals surface area contributed by atoms with E-state index in [4.69, 9.17) is 5.41 Å². The van der Waals surface area contributed by atoms with Crippen LogP contribution in [-0.2, 0) is 12.8 Å². The van der Waals surface area contributed by atoms with Crippen molar-refractivity contribution < 1.29 is 1.43 Å². The summed E-state index contributed by atoms with van der Waals surface area (Å²) in [5.41, 5.74) is 2.61. The van der Waals surface area contributed by atoms with Crippen molar-refractivity contribution in [1.29, 1.82) is 5.41 Å². The highest BCUT2D eigenvalue weighted by molar-refractivity contribution is 5.16. The Hall–Kier alpha value is -1.96. The number of hydrogen-bond donors (Lipinski definition) is 1. The van der Waals surface area contributed by atoms with Crippen molar-refractivity contribution >= 4 is 0 Å². The molecule has 80 valence electrons. The lowest BCUT2D eigenvalue weighted by molar-refractivity contribution is 0.898. The van der Waals surface area contributed by atoms with Crippen LogP contribution >= 0.6 is 0 Å². The Labute approximate surface area is 96.6 Å². The second-order valence-electron chi connectivity index (χ2n) is 3.69. The van der Waals surface area contributed by atoms with Crippen molar-refractivity contribution in [1.82, 2.24) is 4.98 Å². The molecule has 1 aromatic carbocycles. The predicted molar refractivity (Wildman–Crippen MR) is 65.1 cm³/mol. The molecule has 1 aromatic heterocycles. The molecule has 0 saturated heterocycles. The Morgan fingerprint density at radius 2 is 1.56 bits per heavy atom. The summed E-state index contributed by atoms with van der Waals surface area (Å²) in [6, 6.07) is 17.8. The molecule has 1 N–H and O–H groups in total. The van der Waals surface area contributed by atoms with E-state index in [1.54, 1.807) is 6.07 Å². The van der Waals surface area contributed by atoms with Crippen molar-refractivity contribution in [2.75, 3.05) is 0 Å². The normalized spacial score (nSPS) is 10.0. The maximum absolute atomic E-state index is 7.53. The van der Waals surface area contributed by atoms with Crippen LogP contribution in [0.2, 0.25) is 0 Å². The van der Waals surface area contributed by atoms with Crippen molar-refractivity contribution in [2.24, 2.45) is 0 Å². The Kier molecular flexibility index (Phi) is 3.44. The third kappa shape index (κ3) is 3.02. The van der Waals surface area contributed by atoms with E-state index < -0.39 is 0 Å². The molecule has 0 bridgehead atoms. The van der Waals surface area contributed by atoms with Gasteiger partial charge >= 0.3 is 1.43 Å². The summed E-state index contributed by atoms with van der Waals surface area (Å²) in [6.07, 6.45) is 1.85. The topological polar surface area (TPSA) is 36.7 Å². The number of hydrogen-bond acceptors (Lipinski definition) is 2. The van der Waals surface area contributed by atoms with Gasteiger partial charge in [0.25, 0.3) is 0 Å². The van der Waals surface area contributed by atoms with Gasteiger partial charge in [0.2, 0.25) is 0 Å². The summed E-state index contributed by atoms with van der Waals surface area (Å²) < 4.78 is 0. The number of aryl methyl sites for hydroxylation is 2. The standard InChI is InChI=1S/C14H14N2/c15-14-9-5-4-8-13(16-14)11-10-12-6-2-1-3-7-12/h1-9,15H,10-11H2/p+1. The Morgan fingerprint density at radius 1 is 0.875 bits per heavy atom. The average molecular weight is 211 g/mol. The van der Waals surface area contributed by atoms with Gasteiger partial charge in [-0.2, -0.15) is 0 Å². The van der Waals surface area contributed by atoms with Gasteiger partial charge < -0.3 is 0 Å². The van der Waals surface area contributed by atoms with Gasteiger partial charge in [-0.05, 0) is 30.5 Å². The van der Waals surface area contributed by atoms with Crippen LogP contribution in [0.25, 0.3) is 0 Å². The maximum atomic E-state index is 7.53. The highest BCUT2D eigenvalue weighted by atomic mass is 14.7. The summed E-state index contributed by atoms with van der Waals surface area (Å²) in [4.78, 5) is 4.22. The van der Waals surface area contributed by atoms with E-state index in [2.05, 4.69) is 17.1 Å². The smallest absolute Gasteiger partial charge is 0.283 e. The highest BCUT2D eigenvalue weighted by Gasteiger charge is 1.95. The lowest BCUT2D eigenvalue weighted by atomic mass is 10.1. The van der Waals surface area contributed by atoms with Crippen LogP contribution in [0.15, 0.2) is 54.6 Å². The molecule has 1 heterocycles. The molecule has 2 rings (SSSR count). The molecule has 0 radical (unpaired) electrons. The largest absolute Gasteiger partial charge is 1.00 e. The van der Waals surface area contributed by atoms with Crippen molar-refractivity contribution in [3.8, 4) is 0 Å². The SMILES string of the molecule is N=c1ccccc(CCc2ccccc2)n1.[H+]. The molecule has 0 amide bonds. The molecule has 0 fully saturated rings. The van der Waals surface area contributed by atoms with E-state index in [9.17, 15) is 0 Å². The second kappa shape index (κ2) is 5.21. The zero-order valence-electron chi connectivity index (χ0n) is 10.1. The average Bonchev–Trinajstić information content (AvgIpc) is 2.52. The van der Waals surface area contributed by atoms with Crippen molar-refractivity contribution in [3.63, 3.8) is 0 Å². The molecule has 0 unspecified atom stereocenters. The second-order valence-corrected chi connectivity index (χ2v) is 3.69. The lowest BCUT2D eigenvalue weighted by Crippen LogP contribution is -2.03. The minimum atomic E-state index is 0. The lowest BCUT2D eigenvalue weighted by Gasteiger charge is -1.98. The summed E-state index contributed by atoms with van der Waals surface area (Å²) in [6.45, 7) is 0. The molecule has 0 atom stereocenters. The monoisotopic (exact) mass is 211 g/mol. The van der Waals surface area contributed by atoms with E-state index in [-0.39, 0.29) is 1.43 Å². The molecule has 2 nitrogen and oxygen atoms in total. The summed E-state index contributed by atoms with van der Waals surface area (Å²) >= 11 is 0. The first kappa shape index (κ1) is 10.6. The first-order valence-corrected chi connectivity index (χ1v) is 5.39. The Balaban J connectivity index is 0.00000144. The van der Waals surface area contributed by atoms with Gasteiger partial charge in [0.15, 0.2) is 0 Å². The van der Waals surface area contributed by atoms with Crippen LogP contribution in [-0.4, -0.2) is 4.98 Å². The fourth-order valence-electron chi connectivity index (χ4n) is 1.60. The van der Waals surface area contributed by atoms with E-state index in [0.29, 0.717) is 5.49 Å². The number of aromatic nitrogens is 1. The van der Waals surface area contributed by atoms with Crippen LogP contribution in [0.5, 0.6) is 0 Å². The molecule has 0 aliphatic heterocycles. The molecule has 0 aliphatic carbocycles. The zero-order valence-corrected chi connectivity index (χ0v) is 9.06. The van der Waals surface area contributed by atoms with Crippen molar-refractivity contribution in [3.05, 3.63) is 71.3 Å². The number of benzene rings is 1. The van der Waals surface area contributed by atoms with E-state index in [0.717, 1.165) is 18.5 Å². The molecule has 2 heteroatoms. The van der Waals surface area contributed by atoms with Gasteiger partial charge in [0.1, 0.15) is 5.49 Å². The molecule has 2 aromatic rings. The van der Waals surface area contributed by atoms with Gasteiger partial charge in [-0.15, -0.1) is 0 Å². The fourth-order valence-corrected chi connectivity index (χ4v) is 1.60. The van der Waals surface area contributed by atoms with E-state index in [1.807, 2.05) is 36.4 Å². The Morgan fingerprint density at radius 3 is 2.38 bits per heavy atom. The molecule has 16 heavy (non-hydrogen) atoms. The van der Waals surface area contributed by atoms with Gasteiger partial charge in [0, 0.05) is 5.69 Å². The van der Waals surface area contributed by atoms with Gasteiger partial charge in [-0.25, -0.2) is 4.98 Å². The highest BCUT2D eigenvalue weighted by Crippen LogP contribution is 2.03. The third-order valence-electron chi connectivity index (χ3n) is 2.43. The summed E-state index contributed by atoms with van der Waals surface area (Å²) in [5, 5.41) is 7.53. The van der Waals surface area contributed by atoms with E-state index >= 15 is 0 Å². The third-order valence-corrected chi connectivity index (χ3v) is 2.43. The van der Waals surface area contributed by atoms with Crippen molar-refractivity contribution in [2.45, 2.75) is 12.8 Å². The van der Waals surface area contributed by atoms with Crippen LogP contribution in [0, 0.1) is 5.41 Å². The predicted octanol–water partition coefficient (Wildman–Crippen LogP) is 2.46. The van der Waals surface area contributed by atoms with Gasteiger partial charge in [-0.3, -0.25) is 5.41 Å². The Bertz CT molecular complexity index is 512. The quantitative estimate of drug-likeness (QED) is 0.831. The number of nitrogens with zero attached hydrogens (tertiary/aromatic N) is 1. The van der Waals surface area contributed by atoms with Crippen LogP contribution in [0.3, 0.4) is 0 Å². The number of rotatable bonds is 3. The zero-order chi connectivity index (χ0) is 11.2. The fraction of sp³-hybridized carbons (Fsp3) is 0.143. The summed E-state index contributed by atoms with van der Waals surface area (Å²) in [5.74, 6) is 0. The van der Waals surface area contributed by atoms with Gasteiger partial charge in [-0.1, -0.05) is 42.5 Å². The summed E-state index contributed by atoms with van der Waals surface area (Å²) in [7, 11) is 0. The molecular weight excluding hydrogens is 196 g/mol. The molecule has 0 saturated carbocycles. The van der Waals surface area contributed by atoms with E-state index in [1.165, 1.54) is 5.56 Å². The van der Waals surface area contributed by atoms with Crippen LogP contribution in [0.1, 0.15) is 12.7 Å². The molecular formula is C14H15N2+. The van der Waals surface area contributed by atoms with Crippen LogP contribution in [0.4, 0.5) is 0 Å². The minimum absolute atomic E-state index is 0. The van der Waals surface area contributed by atoms with Crippen LogP contribution < -0.4 is 5.49 Å². The van der Waals surface area contributed by atoms with Gasteiger partial charge in [0.05, 0.1) is 0 Å². The molecule has 0 spiro atoms. The first-order chi connectivity index (χ1) is 7.84.